The van der Waals surface area contributed by atoms with Crippen molar-refractivity contribution in [2.24, 2.45) is 4.99 Å². The van der Waals surface area contributed by atoms with Gasteiger partial charge in [-0.15, -0.1) is 0 Å². The first-order valence-electron chi connectivity index (χ1n) is 1.24. The summed E-state index contributed by atoms with van der Waals surface area (Å²) in [4.78, 5) is 12.1. The van der Waals surface area contributed by atoms with Crippen LogP contribution in [0.25, 0.3) is 0 Å². The van der Waals surface area contributed by atoms with Crippen molar-refractivity contribution < 1.29 is 4.79 Å². The Morgan fingerprint density at radius 2 is 2.60 bits per heavy atom. The van der Waals surface area contributed by atoms with Gasteiger partial charge in [0.2, 0.25) is 6.08 Å². The van der Waals surface area contributed by atoms with Gasteiger partial charge in [0.1, 0.15) is 0 Å². The summed E-state index contributed by atoms with van der Waals surface area (Å²) in [5.41, 5.74) is 0. The van der Waals surface area contributed by atoms with E-state index in [0.717, 1.165) is 0 Å². The predicted molar refractivity (Wildman–Crippen MR) is 18.3 cm³/mol. The number of hydrogen-bond donors (Lipinski definition) is 0. The Labute approximate surface area is 30.5 Å². The van der Waals surface area contributed by atoms with E-state index in [2.05, 4.69) is 11.9 Å². The Bertz CT molecular complexity index is 53.9. The molecule has 2 nitrogen and oxygen atoms in total. The minimum Gasteiger partial charge on any atom is -0.211 e. The second kappa shape index (κ2) is 3.38. The molecular formula is C3H4NO. The maximum Gasteiger partial charge on any atom is 0.234 e. The van der Waals surface area contributed by atoms with Crippen LogP contribution in [0.2, 0.25) is 0 Å². The molecule has 0 N–H and O–H groups in total. The quantitative estimate of drug-likeness (QED) is 0.319. The molecule has 27 valence electrons. The molecule has 0 aromatic rings. The first-order chi connectivity index (χ1) is 2.41. The molecule has 0 aliphatic rings. The van der Waals surface area contributed by atoms with Crippen LogP contribution < -0.4 is 0 Å². The van der Waals surface area contributed by atoms with Crippen molar-refractivity contribution in [3.05, 3.63) is 6.92 Å². The number of nitrogens with zero attached hydrogens (tertiary/aromatic N) is 1. The fraction of sp³-hybridized carbons (Fsp3) is 0.333. The fourth-order valence-electron chi connectivity index (χ4n) is 0.0456. The molecule has 0 bridgehead atoms. The summed E-state index contributed by atoms with van der Waals surface area (Å²) in [6.45, 7) is 3.54. The molecule has 5 heavy (non-hydrogen) atoms. The van der Waals surface area contributed by atoms with Gasteiger partial charge in [-0.3, -0.25) is 0 Å². The third kappa shape index (κ3) is 3.38. The molecule has 0 atom stereocenters. The molecule has 0 saturated heterocycles. The largest absolute Gasteiger partial charge is 0.234 e. The van der Waals surface area contributed by atoms with Gasteiger partial charge in [0.25, 0.3) is 0 Å². The van der Waals surface area contributed by atoms with E-state index < -0.39 is 0 Å². The van der Waals surface area contributed by atoms with E-state index in [9.17, 15) is 0 Å². The molecule has 0 unspecified atom stereocenters. The van der Waals surface area contributed by atoms with Gasteiger partial charge in [-0.2, -0.15) is 0 Å². The molecule has 0 saturated carbocycles. The highest BCUT2D eigenvalue weighted by molar-refractivity contribution is 5.32. The molecule has 0 rings (SSSR count). The lowest BCUT2D eigenvalue weighted by Crippen LogP contribution is -1.59. The monoisotopic (exact) mass is 70.0 g/mol. The highest BCUT2D eigenvalue weighted by Gasteiger charge is 1.52. The molecular weight excluding hydrogens is 66.0 g/mol. The van der Waals surface area contributed by atoms with E-state index in [1.54, 1.807) is 0 Å². The first-order valence-corrected chi connectivity index (χ1v) is 1.24. The van der Waals surface area contributed by atoms with Crippen molar-refractivity contribution in [1.82, 2.24) is 0 Å². The summed E-state index contributed by atoms with van der Waals surface area (Å²) in [5.74, 6) is 0. The normalized spacial score (nSPS) is 5.80. The Kier molecular flexibility index (Phi) is 2.96. The van der Waals surface area contributed by atoms with Crippen LogP contribution in [0.4, 0.5) is 0 Å². The Morgan fingerprint density at radius 1 is 2.00 bits per heavy atom. The molecule has 0 aromatic heterocycles. The predicted octanol–water partition coefficient (Wildman–Crippen LogP) is 0.156. The molecule has 0 fully saturated rings. The minimum atomic E-state index is 0.295. The number of carbonyl (C=O) groups excluding carboxylic acids is 1. The standard InChI is InChI=1S/C3H4NO/c1-2-4-3-5/h1-2H2. The molecule has 1 radical (unpaired) electrons. The third-order valence-electron chi connectivity index (χ3n) is 0.176. The lowest BCUT2D eigenvalue weighted by molar-refractivity contribution is 0.564. The molecule has 0 aliphatic heterocycles. The van der Waals surface area contributed by atoms with Crippen LogP contribution in [-0.4, -0.2) is 12.6 Å². The first kappa shape index (κ1) is 4.38. The van der Waals surface area contributed by atoms with Crippen LogP contribution in [0.5, 0.6) is 0 Å². The lowest BCUT2D eigenvalue weighted by Gasteiger charge is -1.57. The molecule has 0 heterocycles. The Balaban J connectivity index is 2.93. The van der Waals surface area contributed by atoms with E-state index in [-0.39, 0.29) is 0 Å². The van der Waals surface area contributed by atoms with E-state index in [1.807, 2.05) is 0 Å². The molecule has 0 spiro atoms. The maximum atomic E-state index is 9.07. The van der Waals surface area contributed by atoms with Gasteiger partial charge in [0.15, 0.2) is 0 Å². The van der Waals surface area contributed by atoms with Gasteiger partial charge in [-0.1, -0.05) is 0 Å². The van der Waals surface area contributed by atoms with Gasteiger partial charge < -0.3 is 0 Å². The van der Waals surface area contributed by atoms with E-state index in [4.69, 9.17) is 4.79 Å². The van der Waals surface area contributed by atoms with Crippen LogP contribution in [0.15, 0.2) is 4.99 Å². The van der Waals surface area contributed by atoms with E-state index >= 15 is 0 Å². The highest BCUT2D eigenvalue weighted by atomic mass is 16.1. The van der Waals surface area contributed by atoms with E-state index in [0.29, 0.717) is 6.54 Å². The topological polar surface area (TPSA) is 29.4 Å². The summed E-state index contributed by atoms with van der Waals surface area (Å²) in [5, 5.41) is 0. The van der Waals surface area contributed by atoms with Crippen molar-refractivity contribution in [2.75, 3.05) is 6.54 Å². The molecule has 0 aromatic carbocycles. The summed E-state index contributed by atoms with van der Waals surface area (Å²) >= 11 is 0. The highest BCUT2D eigenvalue weighted by Crippen LogP contribution is 1.51. The van der Waals surface area contributed by atoms with Crippen molar-refractivity contribution in [2.45, 2.75) is 0 Å². The van der Waals surface area contributed by atoms with Gasteiger partial charge in [0, 0.05) is 0 Å². The van der Waals surface area contributed by atoms with Gasteiger partial charge in [-0.05, 0) is 6.92 Å². The fourth-order valence-corrected chi connectivity index (χ4v) is 0.0456. The second-order valence-electron chi connectivity index (χ2n) is 0.473. The smallest absolute Gasteiger partial charge is 0.211 e. The zero-order valence-corrected chi connectivity index (χ0v) is 2.77. The summed E-state index contributed by atoms with van der Waals surface area (Å²) in [6, 6.07) is 0. The van der Waals surface area contributed by atoms with E-state index in [1.165, 1.54) is 6.08 Å². The number of rotatable bonds is 1. The van der Waals surface area contributed by atoms with Crippen molar-refractivity contribution >= 4 is 6.08 Å². The summed E-state index contributed by atoms with van der Waals surface area (Å²) < 4.78 is 0. The second-order valence-corrected chi connectivity index (χ2v) is 0.473. The summed E-state index contributed by atoms with van der Waals surface area (Å²) in [7, 11) is 0. The third-order valence-corrected chi connectivity index (χ3v) is 0.176. The van der Waals surface area contributed by atoms with Gasteiger partial charge >= 0.3 is 0 Å². The maximum absolute atomic E-state index is 9.07. The minimum absolute atomic E-state index is 0.295. The van der Waals surface area contributed by atoms with Crippen molar-refractivity contribution in [1.29, 1.82) is 0 Å². The van der Waals surface area contributed by atoms with Crippen molar-refractivity contribution in [3.63, 3.8) is 0 Å². The van der Waals surface area contributed by atoms with Gasteiger partial charge in [0.05, 0.1) is 6.54 Å². The van der Waals surface area contributed by atoms with Crippen LogP contribution in [-0.2, 0) is 4.79 Å². The number of hydrogen-bond acceptors (Lipinski definition) is 2. The SMILES string of the molecule is [CH2]CN=C=O. The van der Waals surface area contributed by atoms with Crippen molar-refractivity contribution in [3.8, 4) is 0 Å². The van der Waals surface area contributed by atoms with Gasteiger partial charge in [-0.25, -0.2) is 9.79 Å². The van der Waals surface area contributed by atoms with Crippen LogP contribution in [0.3, 0.4) is 0 Å². The van der Waals surface area contributed by atoms with Crippen LogP contribution in [0.1, 0.15) is 0 Å². The van der Waals surface area contributed by atoms with Crippen LogP contribution >= 0.6 is 0 Å². The molecule has 0 amide bonds. The number of aliphatic imine (C=N–C) groups is 1. The summed E-state index contributed by atoms with van der Waals surface area (Å²) in [6.07, 6.45) is 1.33. The Morgan fingerprint density at radius 3 is 2.60 bits per heavy atom. The zero-order valence-electron chi connectivity index (χ0n) is 2.77. The Hall–Kier alpha value is -0.620. The number of isocyanates is 1. The average molecular weight is 70.1 g/mol. The zero-order chi connectivity index (χ0) is 4.12. The average Bonchev–Trinajstić information content (AvgIpc) is 1.41. The van der Waals surface area contributed by atoms with Crippen LogP contribution in [0, 0.1) is 6.92 Å². The lowest BCUT2D eigenvalue weighted by atomic mass is 10.8. The molecule has 2 heteroatoms. The molecule has 0 aliphatic carbocycles.